The Bertz CT molecular complexity index is 979. The number of anilines is 3. The van der Waals surface area contributed by atoms with Crippen LogP contribution in [0.2, 0.25) is 5.02 Å². The molecule has 0 spiro atoms. The predicted molar refractivity (Wildman–Crippen MR) is 96.2 cm³/mol. The van der Waals surface area contributed by atoms with Crippen molar-refractivity contribution in [2.24, 2.45) is 0 Å². The molecule has 3 rings (SSSR count). The summed E-state index contributed by atoms with van der Waals surface area (Å²) in [5.41, 5.74) is -0.718. The SMILES string of the molecule is O=C(Nc1ccccc1Cl)c1ccnc(Nc2ccccc2C(F)(F)F)n1. The molecule has 0 bridgehead atoms. The zero-order valence-electron chi connectivity index (χ0n) is 13.6. The second-order valence-electron chi connectivity index (χ2n) is 5.37. The predicted octanol–water partition coefficient (Wildman–Crippen LogP) is 5.14. The molecule has 0 saturated heterocycles. The van der Waals surface area contributed by atoms with Gasteiger partial charge >= 0.3 is 6.18 Å². The second kappa shape index (κ2) is 7.63. The van der Waals surface area contributed by atoms with E-state index in [2.05, 4.69) is 20.6 Å². The van der Waals surface area contributed by atoms with Crippen LogP contribution >= 0.6 is 11.6 Å². The number of benzene rings is 2. The van der Waals surface area contributed by atoms with Crippen molar-refractivity contribution in [3.8, 4) is 0 Å². The molecule has 0 aliphatic carbocycles. The number of aromatic nitrogens is 2. The molecule has 2 N–H and O–H groups in total. The van der Waals surface area contributed by atoms with Crippen LogP contribution in [0.3, 0.4) is 0 Å². The number of nitrogens with zero attached hydrogens (tertiary/aromatic N) is 2. The number of nitrogens with one attached hydrogen (secondary N) is 2. The fourth-order valence-electron chi connectivity index (χ4n) is 2.25. The van der Waals surface area contributed by atoms with Crippen LogP contribution in [0, 0.1) is 0 Å². The Hall–Kier alpha value is -3.13. The Labute approximate surface area is 157 Å². The lowest BCUT2D eigenvalue weighted by Crippen LogP contribution is -2.15. The van der Waals surface area contributed by atoms with Crippen LogP contribution in [0.5, 0.6) is 0 Å². The van der Waals surface area contributed by atoms with Gasteiger partial charge in [0.1, 0.15) is 5.69 Å². The van der Waals surface area contributed by atoms with Crippen molar-refractivity contribution >= 4 is 34.8 Å². The monoisotopic (exact) mass is 392 g/mol. The largest absolute Gasteiger partial charge is 0.418 e. The van der Waals surface area contributed by atoms with Gasteiger partial charge in [0.2, 0.25) is 5.95 Å². The molecule has 0 atom stereocenters. The number of alkyl halides is 3. The van der Waals surface area contributed by atoms with Gasteiger partial charge in [0.25, 0.3) is 5.91 Å². The van der Waals surface area contributed by atoms with E-state index in [1.807, 2.05) is 0 Å². The molecular formula is C18H12ClF3N4O. The molecule has 9 heteroatoms. The summed E-state index contributed by atoms with van der Waals surface area (Å²) >= 11 is 5.99. The third kappa shape index (κ3) is 4.53. The van der Waals surface area contributed by atoms with Gasteiger partial charge in [-0.15, -0.1) is 0 Å². The third-order valence-corrected chi connectivity index (χ3v) is 3.82. The maximum Gasteiger partial charge on any atom is 0.418 e. The molecular weight excluding hydrogens is 381 g/mol. The van der Waals surface area contributed by atoms with E-state index in [1.165, 1.54) is 30.5 Å². The highest BCUT2D eigenvalue weighted by Crippen LogP contribution is 2.35. The molecule has 0 aliphatic rings. The van der Waals surface area contributed by atoms with Gasteiger partial charge in [-0.2, -0.15) is 13.2 Å². The van der Waals surface area contributed by atoms with Crippen LogP contribution in [-0.2, 0) is 6.18 Å². The number of para-hydroxylation sites is 2. The van der Waals surface area contributed by atoms with Crippen LogP contribution < -0.4 is 10.6 Å². The number of carbonyl (C=O) groups is 1. The molecule has 3 aromatic rings. The van der Waals surface area contributed by atoms with E-state index in [0.717, 1.165) is 6.07 Å². The van der Waals surface area contributed by atoms with Gasteiger partial charge in [-0.1, -0.05) is 35.9 Å². The number of rotatable bonds is 4. The summed E-state index contributed by atoms with van der Waals surface area (Å²) in [6.07, 6.45) is -3.27. The minimum atomic E-state index is -4.54. The van der Waals surface area contributed by atoms with Crippen LogP contribution in [-0.4, -0.2) is 15.9 Å². The molecule has 0 fully saturated rings. The summed E-state index contributed by atoms with van der Waals surface area (Å²) in [5.74, 6) is -0.712. The number of hydrogen-bond donors (Lipinski definition) is 2. The van der Waals surface area contributed by atoms with Crippen molar-refractivity contribution in [3.05, 3.63) is 77.1 Å². The van der Waals surface area contributed by atoms with Crippen molar-refractivity contribution in [2.75, 3.05) is 10.6 Å². The zero-order valence-corrected chi connectivity index (χ0v) is 14.3. The Morgan fingerprint density at radius 3 is 2.33 bits per heavy atom. The summed E-state index contributed by atoms with van der Waals surface area (Å²) < 4.78 is 39.2. The molecule has 5 nitrogen and oxygen atoms in total. The van der Waals surface area contributed by atoms with Gasteiger partial charge in [-0.05, 0) is 30.3 Å². The number of amides is 1. The van der Waals surface area contributed by atoms with Gasteiger partial charge in [-0.25, -0.2) is 9.97 Å². The van der Waals surface area contributed by atoms with E-state index in [0.29, 0.717) is 10.7 Å². The first-order valence-corrected chi connectivity index (χ1v) is 8.04. The fraction of sp³-hybridized carbons (Fsp3) is 0.0556. The van der Waals surface area contributed by atoms with Crippen molar-refractivity contribution in [1.82, 2.24) is 9.97 Å². The Kier molecular flexibility index (Phi) is 5.27. The maximum atomic E-state index is 13.1. The Balaban J connectivity index is 1.83. The van der Waals surface area contributed by atoms with E-state index in [1.54, 1.807) is 24.3 Å². The highest BCUT2D eigenvalue weighted by molar-refractivity contribution is 6.33. The highest BCUT2D eigenvalue weighted by atomic mass is 35.5. The fourth-order valence-corrected chi connectivity index (χ4v) is 2.44. The highest BCUT2D eigenvalue weighted by Gasteiger charge is 2.33. The van der Waals surface area contributed by atoms with Gasteiger partial charge in [0, 0.05) is 6.20 Å². The summed E-state index contributed by atoms with van der Waals surface area (Å²) in [7, 11) is 0. The van der Waals surface area contributed by atoms with E-state index in [-0.39, 0.29) is 17.3 Å². The van der Waals surface area contributed by atoms with E-state index >= 15 is 0 Å². The normalized spacial score (nSPS) is 11.1. The van der Waals surface area contributed by atoms with Crippen LogP contribution in [0.25, 0.3) is 0 Å². The second-order valence-corrected chi connectivity index (χ2v) is 5.78. The minimum absolute atomic E-state index is 0.0306. The number of halogens is 4. The van der Waals surface area contributed by atoms with Crippen LogP contribution in [0.4, 0.5) is 30.5 Å². The zero-order chi connectivity index (χ0) is 19.4. The van der Waals surface area contributed by atoms with Gasteiger partial charge < -0.3 is 10.6 Å². The summed E-state index contributed by atoms with van der Waals surface area (Å²) in [4.78, 5) is 20.2. The lowest BCUT2D eigenvalue weighted by atomic mass is 10.1. The molecule has 1 aromatic heterocycles. The van der Waals surface area contributed by atoms with Gasteiger partial charge in [-0.3, -0.25) is 4.79 Å². The topological polar surface area (TPSA) is 66.9 Å². The average molecular weight is 393 g/mol. The molecule has 0 radical (unpaired) electrons. The molecule has 0 aliphatic heterocycles. The van der Waals surface area contributed by atoms with E-state index < -0.39 is 17.6 Å². The maximum absolute atomic E-state index is 13.1. The molecule has 0 saturated carbocycles. The molecule has 1 amide bonds. The first-order valence-electron chi connectivity index (χ1n) is 7.67. The quantitative estimate of drug-likeness (QED) is 0.644. The summed E-state index contributed by atoms with van der Waals surface area (Å²) in [6.45, 7) is 0. The summed E-state index contributed by atoms with van der Waals surface area (Å²) in [6, 6.07) is 12.9. The average Bonchev–Trinajstić information content (AvgIpc) is 2.63. The number of hydrogen-bond acceptors (Lipinski definition) is 4. The van der Waals surface area contributed by atoms with Crippen molar-refractivity contribution in [1.29, 1.82) is 0 Å². The molecule has 27 heavy (non-hydrogen) atoms. The first-order chi connectivity index (χ1) is 12.8. The van der Waals surface area contributed by atoms with Crippen molar-refractivity contribution < 1.29 is 18.0 Å². The smallest absolute Gasteiger partial charge is 0.324 e. The molecule has 0 unspecified atom stereocenters. The Morgan fingerprint density at radius 2 is 1.63 bits per heavy atom. The molecule has 1 heterocycles. The Morgan fingerprint density at radius 1 is 0.963 bits per heavy atom. The van der Waals surface area contributed by atoms with Crippen molar-refractivity contribution in [2.45, 2.75) is 6.18 Å². The summed E-state index contributed by atoms with van der Waals surface area (Å²) in [5, 5.41) is 5.43. The van der Waals surface area contributed by atoms with E-state index in [9.17, 15) is 18.0 Å². The van der Waals surface area contributed by atoms with Crippen LogP contribution in [0.15, 0.2) is 60.8 Å². The third-order valence-electron chi connectivity index (χ3n) is 3.49. The molecule has 2 aromatic carbocycles. The minimum Gasteiger partial charge on any atom is -0.324 e. The van der Waals surface area contributed by atoms with Crippen LogP contribution in [0.1, 0.15) is 16.1 Å². The lowest BCUT2D eigenvalue weighted by Gasteiger charge is -2.13. The standard InChI is InChI=1S/C18H12ClF3N4O/c19-12-6-2-4-8-14(12)24-16(27)15-9-10-23-17(26-15)25-13-7-3-1-5-11(13)18(20,21)22/h1-10H,(H,24,27)(H,23,25,26). The first kappa shape index (κ1) is 18.7. The number of carbonyl (C=O) groups excluding carboxylic acids is 1. The van der Waals surface area contributed by atoms with Crippen molar-refractivity contribution in [3.63, 3.8) is 0 Å². The van der Waals surface area contributed by atoms with E-state index in [4.69, 9.17) is 11.6 Å². The van der Waals surface area contributed by atoms with Gasteiger partial charge in [0.05, 0.1) is 22.0 Å². The molecule has 138 valence electrons. The lowest BCUT2D eigenvalue weighted by molar-refractivity contribution is -0.136. The van der Waals surface area contributed by atoms with Gasteiger partial charge in [0.15, 0.2) is 0 Å².